The van der Waals surface area contributed by atoms with Crippen LogP contribution in [0.4, 0.5) is 0 Å². The average molecular weight is 210 g/mol. The fraction of sp³-hybridized carbons (Fsp3) is 0.444. The Morgan fingerprint density at radius 2 is 2.20 bits per heavy atom. The first-order valence-corrected chi connectivity index (χ1v) is 4.70. The minimum Gasteiger partial charge on any atom is -0.477 e. The summed E-state index contributed by atoms with van der Waals surface area (Å²) in [5.41, 5.74) is 0.288. The second-order valence-electron chi connectivity index (χ2n) is 3.42. The quantitative estimate of drug-likeness (QED) is 0.591. The van der Waals surface area contributed by atoms with Gasteiger partial charge in [0.2, 0.25) is 5.88 Å². The number of likely N-dealkylation sites (N-methyl/N-ethyl adjacent to an activating group) is 1. The molecule has 0 radical (unpaired) electrons. The summed E-state index contributed by atoms with van der Waals surface area (Å²) in [6.45, 7) is 1.21. The van der Waals surface area contributed by atoms with Crippen LogP contribution in [0.2, 0.25) is 0 Å². The van der Waals surface area contributed by atoms with Crippen LogP contribution in [-0.4, -0.2) is 54.3 Å². The summed E-state index contributed by atoms with van der Waals surface area (Å²) in [5.74, 6) is 0.273. The number of nitrogens with zero attached hydrogens (tertiary/aromatic N) is 2. The molecule has 1 aromatic rings. The van der Waals surface area contributed by atoms with E-state index in [1.165, 1.54) is 0 Å². The van der Waals surface area contributed by atoms with Crippen LogP contribution in [0.5, 0.6) is 5.88 Å². The fourth-order valence-electron chi connectivity index (χ4n) is 1.05. The Kier molecular flexibility index (Phi) is 4.55. The molecule has 0 aliphatic heterocycles. The SMILES string of the molecule is CN(C)CCOc1ncccc1B(O)O. The third kappa shape index (κ3) is 3.87. The Labute approximate surface area is 89.5 Å². The maximum absolute atomic E-state index is 9.04. The van der Waals surface area contributed by atoms with Crippen molar-refractivity contribution in [3.05, 3.63) is 18.3 Å². The molecule has 1 rings (SSSR count). The van der Waals surface area contributed by atoms with Gasteiger partial charge in [0.1, 0.15) is 6.61 Å². The van der Waals surface area contributed by atoms with Gasteiger partial charge in [-0.3, -0.25) is 0 Å². The van der Waals surface area contributed by atoms with Crippen LogP contribution in [0.1, 0.15) is 0 Å². The summed E-state index contributed by atoms with van der Waals surface area (Å²) in [6.07, 6.45) is 1.55. The molecule has 15 heavy (non-hydrogen) atoms. The predicted octanol–water partition coefficient (Wildman–Crippen LogP) is -1.30. The second-order valence-corrected chi connectivity index (χ2v) is 3.42. The number of hydrogen-bond donors (Lipinski definition) is 2. The molecular formula is C9H15BN2O3. The largest absolute Gasteiger partial charge is 0.494 e. The first kappa shape index (κ1) is 12.0. The van der Waals surface area contributed by atoms with E-state index in [2.05, 4.69) is 4.98 Å². The molecule has 0 aromatic carbocycles. The van der Waals surface area contributed by atoms with Crippen molar-refractivity contribution in [2.45, 2.75) is 0 Å². The third-order valence-corrected chi connectivity index (χ3v) is 1.86. The van der Waals surface area contributed by atoms with Gasteiger partial charge in [0.25, 0.3) is 0 Å². The number of ether oxygens (including phenoxy) is 1. The molecule has 0 aliphatic rings. The topological polar surface area (TPSA) is 65.8 Å². The summed E-state index contributed by atoms with van der Waals surface area (Å²) in [5, 5.41) is 18.1. The molecule has 1 aromatic heterocycles. The fourth-order valence-corrected chi connectivity index (χ4v) is 1.05. The lowest BCUT2D eigenvalue weighted by atomic mass is 9.81. The monoisotopic (exact) mass is 210 g/mol. The highest BCUT2D eigenvalue weighted by Crippen LogP contribution is 2.01. The van der Waals surface area contributed by atoms with Gasteiger partial charge in [0.15, 0.2) is 0 Å². The summed E-state index contributed by atoms with van der Waals surface area (Å²) in [4.78, 5) is 5.91. The van der Waals surface area contributed by atoms with Crippen molar-refractivity contribution in [3.8, 4) is 5.88 Å². The Hall–Kier alpha value is -1.11. The molecule has 5 nitrogen and oxygen atoms in total. The molecule has 0 fully saturated rings. The number of pyridine rings is 1. The molecule has 0 amide bonds. The van der Waals surface area contributed by atoms with Crippen LogP contribution in [-0.2, 0) is 0 Å². The molecule has 0 spiro atoms. The predicted molar refractivity (Wildman–Crippen MR) is 58.1 cm³/mol. The molecule has 0 unspecified atom stereocenters. The summed E-state index contributed by atoms with van der Waals surface area (Å²) in [6, 6.07) is 3.20. The lowest BCUT2D eigenvalue weighted by Crippen LogP contribution is -2.33. The maximum atomic E-state index is 9.04. The molecule has 0 aliphatic carbocycles. The van der Waals surface area contributed by atoms with E-state index in [-0.39, 0.29) is 11.3 Å². The van der Waals surface area contributed by atoms with E-state index in [0.29, 0.717) is 6.61 Å². The molecule has 0 atom stereocenters. The van der Waals surface area contributed by atoms with Gasteiger partial charge in [-0.1, -0.05) is 6.07 Å². The smallest absolute Gasteiger partial charge is 0.477 e. The van der Waals surface area contributed by atoms with Gasteiger partial charge in [-0.15, -0.1) is 0 Å². The zero-order valence-electron chi connectivity index (χ0n) is 8.92. The van der Waals surface area contributed by atoms with Gasteiger partial charge >= 0.3 is 7.12 Å². The van der Waals surface area contributed by atoms with Crippen molar-refractivity contribution in [1.29, 1.82) is 0 Å². The average Bonchev–Trinajstić information content (AvgIpc) is 2.17. The maximum Gasteiger partial charge on any atom is 0.494 e. The highest BCUT2D eigenvalue weighted by Gasteiger charge is 2.17. The first-order valence-electron chi connectivity index (χ1n) is 4.70. The van der Waals surface area contributed by atoms with Crippen LogP contribution >= 0.6 is 0 Å². The zero-order chi connectivity index (χ0) is 11.3. The van der Waals surface area contributed by atoms with E-state index in [4.69, 9.17) is 14.8 Å². The Balaban J connectivity index is 2.59. The highest BCUT2D eigenvalue weighted by molar-refractivity contribution is 6.59. The molecular weight excluding hydrogens is 195 g/mol. The molecule has 0 saturated carbocycles. The van der Waals surface area contributed by atoms with Gasteiger partial charge in [-0.25, -0.2) is 4.98 Å². The van der Waals surface area contributed by atoms with Crippen molar-refractivity contribution in [2.24, 2.45) is 0 Å². The van der Waals surface area contributed by atoms with E-state index in [1.807, 2.05) is 19.0 Å². The van der Waals surface area contributed by atoms with Gasteiger partial charge in [0, 0.05) is 18.2 Å². The zero-order valence-corrected chi connectivity index (χ0v) is 8.92. The lowest BCUT2D eigenvalue weighted by molar-refractivity contribution is 0.254. The molecule has 0 saturated heterocycles. The van der Waals surface area contributed by atoms with Crippen molar-refractivity contribution in [2.75, 3.05) is 27.2 Å². The third-order valence-electron chi connectivity index (χ3n) is 1.86. The van der Waals surface area contributed by atoms with E-state index < -0.39 is 7.12 Å². The van der Waals surface area contributed by atoms with Crippen molar-refractivity contribution in [1.82, 2.24) is 9.88 Å². The Bertz CT molecular complexity index is 307. The van der Waals surface area contributed by atoms with Crippen LogP contribution < -0.4 is 10.2 Å². The standard InChI is InChI=1S/C9H15BN2O3/c1-12(2)6-7-15-9-8(10(13)14)4-3-5-11-9/h3-5,13-14H,6-7H2,1-2H3. The van der Waals surface area contributed by atoms with Crippen LogP contribution in [0.15, 0.2) is 18.3 Å². The molecule has 0 bridgehead atoms. The van der Waals surface area contributed by atoms with E-state index in [1.54, 1.807) is 18.3 Å². The van der Waals surface area contributed by atoms with Crippen LogP contribution in [0.25, 0.3) is 0 Å². The summed E-state index contributed by atoms with van der Waals surface area (Å²) in [7, 11) is 2.32. The summed E-state index contributed by atoms with van der Waals surface area (Å²) < 4.78 is 5.34. The minimum absolute atomic E-state index is 0.273. The molecule has 6 heteroatoms. The lowest BCUT2D eigenvalue weighted by Gasteiger charge is -2.12. The van der Waals surface area contributed by atoms with E-state index >= 15 is 0 Å². The van der Waals surface area contributed by atoms with Gasteiger partial charge in [0.05, 0.1) is 0 Å². The Morgan fingerprint density at radius 3 is 2.80 bits per heavy atom. The van der Waals surface area contributed by atoms with Crippen molar-refractivity contribution >= 4 is 12.6 Å². The van der Waals surface area contributed by atoms with E-state index in [0.717, 1.165) is 6.54 Å². The van der Waals surface area contributed by atoms with E-state index in [9.17, 15) is 0 Å². The van der Waals surface area contributed by atoms with Gasteiger partial charge < -0.3 is 19.7 Å². The van der Waals surface area contributed by atoms with Crippen molar-refractivity contribution in [3.63, 3.8) is 0 Å². The molecule has 1 heterocycles. The molecule has 82 valence electrons. The Morgan fingerprint density at radius 1 is 1.47 bits per heavy atom. The van der Waals surface area contributed by atoms with Gasteiger partial charge in [-0.05, 0) is 20.2 Å². The first-order chi connectivity index (χ1) is 7.11. The second kappa shape index (κ2) is 5.70. The number of hydrogen-bond acceptors (Lipinski definition) is 5. The summed E-state index contributed by atoms with van der Waals surface area (Å²) >= 11 is 0. The van der Waals surface area contributed by atoms with Crippen LogP contribution in [0, 0.1) is 0 Å². The normalized spacial score (nSPS) is 10.5. The van der Waals surface area contributed by atoms with Crippen molar-refractivity contribution < 1.29 is 14.8 Å². The minimum atomic E-state index is -1.55. The highest BCUT2D eigenvalue weighted by atomic mass is 16.5. The molecule has 2 N–H and O–H groups in total. The van der Waals surface area contributed by atoms with Crippen LogP contribution in [0.3, 0.4) is 0 Å². The van der Waals surface area contributed by atoms with Gasteiger partial charge in [-0.2, -0.15) is 0 Å². The number of rotatable bonds is 5. The number of aromatic nitrogens is 1.